The second-order valence-corrected chi connectivity index (χ2v) is 3.19. The van der Waals surface area contributed by atoms with Crippen LogP contribution in [0.25, 0.3) is 0 Å². The van der Waals surface area contributed by atoms with Crippen molar-refractivity contribution in [3.05, 3.63) is 29.8 Å². The first kappa shape index (κ1) is 12.3. The fourth-order valence-electron chi connectivity index (χ4n) is 1.20. The summed E-state index contributed by atoms with van der Waals surface area (Å²) in [6.45, 7) is 1.58. The summed E-state index contributed by atoms with van der Waals surface area (Å²) in [6.07, 6.45) is -0.744. The molecule has 88 valence electrons. The van der Waals surface area contributed by atoms with Crippen molar-refractivity contribution in [2.75, 3.05) is 20.3 Å². The van der Waals surface area contributed by atoms with Gasteiger partial charge in [-0.05, 0) is 17.7 Å². The van der Waals surface area contributed by atoms with Crippen molar-refractivity contribution >= 4 is 6.09 Å². The molecule has 3 N–H and O–H groups in total. The third kappa shape index (κ3) is 4.65. The molecule has 0 saturated heterocycles. The van der Waals surface area contributed by atoms with Crippen LogP contribution in [0.1, 0.15) is 5.56 Å². The zero-order valence-electron chi connectivity index (χ0n) is 9.23. The molecule has 0 fully saturated rings. The van der Waals surface area contributed by atoms with Crippen molar-refractivity contribution in [3.8, 4) is 5.75 Å². The lowest BCUT2D eigenvalue weighted by atomic mass is 10.2. The molecule has 5 nitrogen and oxygen atoms in total. The van der Waals surface area contributed by atoms with E-state index >= 15 is 0 Å². The molecule has 0 radical (unpaired) electrons. The molecule has 0 aliphatic rings. The van der Waals surface area contributed by atoms with Gasteiger partial charge in [-0.15, -0.1) is 0 Å². The van der Waals surface area contributed by atoms with Gasteiger partial charge in [0.1, 0.15) is 12.4 Å². The van der Waals surface area contributed by atoms with Crippen LogP contribution in [0.15, 0.2) is 24.3 Å². The zero-order valence-corrected chi connectivity index (χ0v) is 9.23. The van der Waals surface area contributed by atoms with E-state index in [1.54, 1.807) is 7.11 Å². The summed E-state index contributed by atoms with van der Waals surface area (Å²) in [5, 5.41) is 3.12. The number of hydrogen-bond donors (Lipinski definition) is 2. The average Bonchev–Trinajstić information content (AvgIpc) is 2.29. The summed E-state index contributed by atoms with van der Waals surface area (Å²) in [5.41, 5.74) is 5.95. The minimum atomic E-state index is -0.744. The van der Waals surface area contributed by atoms with Gasteiger partial charge in [0.2, 0.25) is 0 Å². The molecule has 0 spiro atoms. The predicted octanol–water partition coefficient (Wildman–Crippen LogP) is 0.880. The Morgan fingerprint density at radius 1 is 1.38 bits per heavy atom. The number of amides is 1. The van der Waals surface area contributed by atoms with Crippen LogP contribution in [0.3, 0.4) is 0 Å². The number of hydrogen-bond acceptors (Lipinski definition) is 4. The smallest absolute Gasteiger partial charge is 0.404 e. The summed E-state index contributed by atoms with van der Waals surface area (Å²) < 4.78 is 9.62. The molecule has 0 aliphatic carbocycles. The molecule has 0 aliphatic heterocycles. The number of benzene rings is 1. The number of nitrogens with one attached hydrogen (secondary N) is 1. The number of nitrogens with two attached hydrogens (primary N) is 1. The Bertz CT molecular complexity index is 325. The first-order valence-electron chi connectivity index (χ1n) is 4.98. The molecule has 5 heteroatoms. The molecular weight excluding hydrogens is 208 g/mol. The van der Waals surface area contributed by atoms with Crippen molar-refractivity contribution in [3.63, 3.8) is 0 Å². The van der Waals surface area contributed by atoms with Gasteiger partial charge in [0, 0.05) is 13.1 Å². The number of carbonyl (C=O) groups is 1. The summed E-state index contributed by atoms with van der Waals surface area (Å²) in [7, 11) is 1.63. The van der Waals surface area contributed by atoms with Gasteiger partial charge in [-0.3, -0.25) is 0 Å². The van der Waals surface area contributed by atoms with Gasteiger partial charge in [-0.1, -0.05) is 12.1 Å². The molecule has 0 saturated carbocycles. The monoisotopic (exact) mass is 224 g/mol. The van der Waals surface area contributed by atoms with Crippen LogP contribution < -0.4 is 15.8 Å². The molecule has 0 aromatic heterocycles. The lowest BCUT2D eigenvalue weighted by molar-refractivity contribution is 0.157. The molecule has 1 rings (SSSR count). The van der Waals surface area contributed by atoms with E-state index in [-0.39, 0.29) is 6.61 Å². The van der Waals surface area contributed by atoms with Gasteiger partial charge in [-0.2, -0.15) is 0 Å². The van der Waals surface area contributed by atoms with Crippen LogP contribution in [0.4, 0.5) is 4.79 Å². The highest BCUT2D eigenvalue weighted by Gasteiger charge is 1.95. The number of rotatable bonds is 6. The fraction of sp³-hybridized carbons (Fsp3) is 0.364. The fourth-order valence-corrected chi connectivity index (χ4v) is 1.20. The minimum Gasteiger partial charge on any atom is -0.497 e. The molecule has 1 aromatic carbocycles. The first-order valence-corrected chi connectivity index (χ1v) is 4.98. The Balaban J connectivity index is 2.19. The summed E-state index contributed by atoms with van der Waals surface area (Å²) >= 11 is 0. The minimum absolute atomic E-state index is 0.283. The highest BCUT2D eigenvalue weighted by molar-refractivity contribution is 5.64. The van der Waals surface area contributed by atoms with Crippen LogP contribution in [0.5, 0.6) is 5.75 Å². The van der Waals surface area contributed by atoms with Gasteiger partial charge >= 0.3 is 6.09 Å². The van der Waals surface area contributed by atoms with Gasteiger partial charge in [0.15, 0.2) is 0 Å². The molecule has 0 unspecified atom stereocenters. The van der Waals surface area contributed by atoms with E-state index in [9.17, 15) is 4.79 Å². The van der Waals surface area contributed by atoms with Gasteiger partial charge in [0.05, 0.1) is 7.11 Å². The number of methoxy groups -OCH3 is 1. The van der Waals surface area contributed by atoms with E-state index in [2.05, 4.69) is 10.1 Å². The highest BCUT2D eigenvalue weighted by Crippen LogP contribution is 2.10. The summed E-state index contributed by atoms with van der Waals surface area (Å²) in [6, 6.07) is 7.75. The van der Waals surface area contributed by atoms with Crippen LogP contribution in [0, 0.1) is 0 Å². The Morgan fingerprint density at radius 3 is 2.62 bits per heavy atom. The maximum Gasteiger partial charge on any atom is 0.404 e. The van der Waals surface area contributed by atoms with E-state index in [0.29, 0.717) is 13.1 Å². The Hall–Kier alpha value is -1.75. The van der Waals surface area contributed by atoms with E-state index in [1.165, 1.54) is 0 Å². The average molecular weight is 224 g/mol. The molecular formula is C11H16N2O3. The van der Waals surface area contributed by atoms with Crippen LogP contribution in [-0.2, 0) is 11.3 Å². The lowest BCUT2D eigenvalue weighted by Gasteiger charge is -2.05. The number of primary amides is 1. The lowest BCUT2D eigenvalue weighted by Crippen LogP contribution is -2.23. The van der Waals surface area contributed by atoms with Crippen molar-refractivity contribution in [1.29, 1.82) is 0 Å². The van der Waals surface area contributed by atoms with Crippen molar-refractivity contribution in [1.82, 2.24) is 5.32 Å². The maximum atomic E-state index is 10.3. The SMILES string of the molecule is COc1ccc(CNCCOC(N)=O)cc1. The number of carbonyl (C=O) groups excluding carboxylic acids is 1. The molecule has 1 amide bonds. The van der Waals surface area contributed by atoms with E-state index < -0.39 is 6.09 Å². The highest BCUT2D eigenvalue weighted by atomic mass is 16.5. The zero-order chi connectivity index (χ0) is 11.8. The number of ether oxygens (including phenoxy) is 2. The third-order valence-electron chi connectivity index (χ3n) is 2.01. The molecule has 0 atom stereocenters. The normalized spacial score (nSPS) is 9.81. The van der Waals surface area contributed by atoms with Crippen LogP contribution in [0.2, 0.25) is 0 Å². The second kappa shape index (κ2) is 6.68. The topological polar surface area (TPSA) is 73.6 Å². The van der Waals surface area contributed by atoms with Gasteiger partial charge in [-0.25, -0.2) is 4.79 Å². The predicted molar refractivity (Wildman–Crippen MR) is 60.2 cm³/mol. The molecule has 0 bridgehead atoms. The second-order valence-electron chi connectivity index (χ2n) is 3.19. The van der Waals surface area contributed by atoms with Crippen molar-refractivity contribution in [2.45, 2.75) is 6.54 Å². The van der Waals surface area contributed by atoms with Crippen molar-refractivity contribution < 1.29 is 14.3 Å². The van der Waals surface area contributed by atoms with E-state index in [0.717, 1.165) is 11.3 Å². The maximum absolute atomic E-state index is 10.3. The summed E-state index contributed by atoms with van der Waals surface area (Å²) in [5.74, 6) is 0.834. The Morgan fingerprint density at radius 2 is 2.06 bits per heavy atom. The standard InChI is InChI=1S/C11H16N2O3/c1-15-10-4-2-9(3-5-10)8-13-6-7-16-11(12)14/h2-5,13H,6-8H2,1H3,(H2,12,14). The van der Waals surface area contributed by atoms with Crippen LogP contribution in [-0.4, -0.2) is 26.4 Å². The van der Waals surface area contributed by atoms with E-state index in [1.807, 2.05) is 24.3 Å². The van der Waals surface area contributed by atoms with Crippen molar-refractivity contribution in [2.24, 2.45) is 5.73 Å². The first-order chi connectivity index (χ1) is 7.72. The Kier molecular flexibility index (Phi) is 5.15. The summed E-state index contributed by atoms with van der Waals surface area (Å²) in [4.78, 5) is 10.3. The van der Waals surface area contributed by atoms with Gasteiger partial charge < -0.3 is 20.5 Å². The largest absolute Gasteiger partial charge is 0.497 e. The molecule has 0 heterocycles. The Labute approximate surface area is 94.5 Å². The molecule has 16 heavy (non-hydrogen) atoms. The van der Waals surface area contributed by atoms with Crippen LogP contribution >= 0.6 is 0 Å². The molecule has 1 aromatic rings. The van der Waals surface area contributed by atoms with Gasteiger partial charge in [0.25, 0.3) is 0 Å². The quantitative estimate of drug-likeness (QED) is 0.703. The third-order valence-corrected chi connectivity index (χ3v) is 2.01. The van der Waals surface area contributed by atoms with E-state index in [4.69, 9.17) is 10.5 Å².